The van der Waals surface area contributed by atoms with Crippen LogP contribution < -0.4 is 0 Å². The second-order valence-electron chi connectivity index (χ2n) is 4.20. The normalized spacial score (nSPS) is 10.6. The van der Waals surface area contributed by atoms with Crippen molar-refractivity contribution in [3.63, 3.8) is 0 Å². The highest BCUT2D eigenvalue weighted by Gasteiger charge is 2.14. The number of likely N-dealkylation sites (N-methyl/N-ethyl adjacent to an activating group) is 2. The number of nitrogens with zero attached hydrogens (tertiary/aromatic N) is 3. The summed E-state index contributed by atoms with van der Waals surface area (Å²) >= 11 is 0. The largest absolute Gasteiger partial charge is 0.339 e. The van der Waals surface area contributed by atoms with Gasteiger partial charge in [0.15, 0.2) is 0 Å². The summed E-state index contributed by atoms with van der Waals surface area (Å²) in [4.78, 5) is 19.9. The monoisotopic (exact) mass is 221 g/mol. The van der Waals surface area contributed by atoms with Gasteiger partial charge in [0, 0.05) is 26.3 Å². The fraction of sp³-hybridized carbons (Fsp3) is 0.500. The van der Waals surface area contributed by atoms with Crippen LogP contribution in [0.1, 0.15) is 16.1 Å². The molecular weight excluding hydrogens is 202 g/mol. The van der Waals surface area contributed by atoms with Crippen LogP contribution in [0.4, 0.5) is 0 Å². The molecule has 0 bridgehead atoms. The van der Waals surface area contributed by atoms with E-state index in [1.54, 1.807) is 18.1 Å². The number of hydrogen-bond donors (Lipinski definition) is 0. The predicted molar refractivity (Wildman–Crippen MR) is 64.5 cm³/mol. The molecule has 0 aliphatic heterocycles. The van der Waals surface area contributed by atoms with Gasteiger partial charge in [-0.05, 0) is 32.6 Å². The molecule has 4 nitrogen and oxygen atoms in total. The van der Waals surface area contributed by atoms with Gasteiger partial charge in [-0.2, -0.15) is 0 Å². The molecule has 0 N–H and O–H groups in total. The van der Waals surface area contributed by atoms with Gasteiger partial charge in [0.05, 0.1) is 0 Å². The lowest BCUT2D eigenvalue weighted by Crippen LogP contribution is -2.34. The molecule has 0 aliphatic rings. The van der Waals surface area contributed by atoms with E-state index in [9.17, 15) is 4.79 Å². The van der Waals surface area contributed by atoms with Crippen molar-refractivity contribution < 1.29 is 4.79 Å². The zero-order valence-electron chi connectivity index (χ0n) is 10.4. The van der Waals surface area contributed by atoms with Crippen molar-refractivity contribution in [1.82, 2.24) is 14.8 Å². The SMILES string of the molecule is Cc1cccnc1C(=O)N(C)CCN(C)C. The molecule has 1 amide bonds. The van der Waals surface area contributed by atoms with Gasteiger partial charge in [-0.25, -0.2) is 0 Å². The van der Waals surface area contributed by atoms with Gasteiger partial charge in [0.1, 0.15) is 5.69 Å². The zero-order chi connectivity index (χ0) is 12.1. The van der Waals surface area contributed by atoms with Crippen LogP contribution in [-0.4, -0.2) is 54.9 Å². The lowest BCUT2D eigenvalue weighted by molar-refractivity contribution is 0.0779. The molecule has 0 saturated carbocycles. The fourth-order valence-corrected chi connectivity index (χ4v) is 1.34. The first-order valence-electron chi connectivity index (χ1n) is 5.34. The highest BCUT2D eigenvalue weighted by atomic mass is 16.2. The summed E-state index contributed by atoms with van der Waals surface area (Å²) in [7, 11) is 5.79. The average molecular weight is 221 g/mol. The molecular formula is C12H19N3O. The second-order valence-corrected chi connectivity index (χ2v) is 4.20. The summed E-state index contributed by atoms with van der Waals surface area (Å²) in [5.41, 5.74) is 1.47. The van der Waals surface area contributed by atoms with Crippen molar-refractivity contribution in [2.45, 2.75) is 6.92 Å². The molecule has 0 aliphatic carbocycles. The number of amides is 1. The van der Waals surface area contributed by atoms with Gasteiger partial charge < -0.3 is 9.80 Å². The molecule has 1 aromatic heterocycles. The molecule has 1 heterocycles. The number of carbonyl (C=O) groups excluding carboxylic acids is 1. The first-order valence-corrected chi connectivity index (χ1v) is 5.34. The Morgan fingerprint density at radius 2 is 2.00 bits per heavy atom. The Hall–Kier alpha value is -1.42. The number of aryl methyl sites for hydroxylation is 1. The Kier molecular flexibility index (Phi) is 4.43. The average Bonchev–Trinajstić information content (AvgIpc) is 2.25. The van der Waals surface area contributed by atoms with Gasteiger partial charge >= 0.3 is 0 Å². The summed E-state index contributed by atoms with van der Waals surface area (Å²) in [5, 5.41) is 0. The lowest BCUT2D eigenvalue weighted by Gasteiger charge is -2.19. The number of hydrogen-bond acceptors (Lipinski definition) is 3. The molecule has 4 heteroatoms. The minimum Gasteiger partial charge on any atom is -0.339 e. The third kappa shape index (κ3) is 3.31. The molecule has 88 valence electrons. The molecule has 0 saturated heterocycles. The maximum absolute atomic E-state index is 12.0. The second kappa shape index (κ2) is 5.61. The first-order chi connectivity index (χ1) is 7.52. The molecule has 0 aromatic carbocycles. The molecule has 16 heavy (non-hydrogen) atoms. The summed E-state index contributed by atoms with van der Waals surface area (Å²) < 4.78 is 0. The Morgan fingerprint density at radius 1 is 1.31 bits per heavy atom. The number of pyridine rings is 1. The van der Waals surface area contributed by atoms with Gasteiger partial charge in [0.2, 0.25) is 0 Å². The van der Waals surface area contributed by atoms with E-state index in [4.69, 9.17) is 0 Å². The Morgan fingerprint density at radius 3 is 2.56 bits per heavy atom. The smallest absolute Gasteiger partial charge is 0.272 e. The van der Waals surface area contributed by atoms with Gasteiger partial charge in [-0.3, -0.25) is 9.78 Å². The summed E-state index contributed by atoms with van der Waals surface area (Å²) in [6.45, 7) is 3.47. The quantitative estimate of drug-likeness (QED) is 0.761. The van der Waals surface area contributed by atoms with Crippen LogP contribution in [0.3, 0.4) is 0 Å². The van der Waals surface area contributed by atoms with E-state index in [-0.39, 0.29) is 5.91 Å². The summed E-state index contributed by atoms with van der Waals surface area (Å²) in [6.07, 6.45) is 1.65. The lowest BCUT2D eigenvalue weighted by atomic mass is 10.2. The minimum atomic E-state index is -0.0139. The van der Waals surface area contributed by atoms with Crippen molar-refractivity contribution in [3.8, 4) is 0 Å². The van der Waals surface area contributed by atoms with Crippen LogP contribution in [0, 0.1) is 6.92 Å². The highest BCUT2D eigenvalue weighted by Crippen LogP contribution is 2.06. The molecule has 1 aromatic rings. The topological polar surface area (TPSA) is 36.4 Å². The Labute approximate surface area is 96.9 Å². The third-order valence-electron chi connectivity index (χ3n) is 2.44. The van der Waals surface area contributed by atoms with Gasteiger partial charge in [-0.15, -0.1) is 0 Å². The molecule has 0 atom stereocenters. The van der Waals surface area contributed by atoms with Crippen molar-refractivity contribution in [1.29, 1.82) is 0 Å². The van der Waals surface area contributed by atoms with Crippen LogP contribution in [0.25, 0.3) is 0 Å². The van der Waals surface area contributed by atoms with E-state index in [2.05, 4.69) is 9.88 Å². The molecule has 0 spiro atoms. The number of rotatable bonds is 4. The van der Waals surface area contributed by atoms with Crippen molar-refractivity contribution in [2.24, 2.45) is 0 Å². The third-order valence-corrected chi connectivity index (χ3v) is 2.44. The number of carbonyl (C=O) groups is 1. The van der Waals surface area contributed by atoms with Crippen LogP contribution >= 0.6 is 0 Å². The Balaban J connectivity index is 2.67. The Bertz CT molecular complexity index is 363. The van der Waals surface area contributed by atoms with Crippen LogP contribution in [0.2, 0.25) is 0 Å². The van der Waals surface area contributed by atoms with Crippen LogP contribution in [0.15, 0.2) is 18.3 Å². The van der Waals surface area contributed by atoms with Crippen LogP contribution in [0.5, 0.6) is 0 Å². The van der Waals surface area contributed by atoms with E-state index < -0.39 is 0 Å². The van der Waals surface area contributed by atoms with E-state index >= 15 is 0 Å². The maximum Gasteiger partial charge on any atom is 0.272 e. The van der Waals surface area contributed by atoms with Crippen molar-refractivity contribution in [3.05, 3.63) is 29.6 Å². The summed E-state index contributed by atoms with van der Waals surface area (Å²) in [6, 6.07) is 3.74. The molecule has 0 fully saturated rings. The molecule has 0 radical (unpaired) electrons. The summed E-state index contributed by atoms with van der Waals surface area (Å²) in [5.74, 6) is -0.0139. The maximum atomic E-state index is 12.0. The van der Waals surface area contributed by atoms with Gasteiger partial charge in [0.25, 0.3) is 5.91 Å². The van der Waals surface area contributed by atoms with E-state index in [0.29, 0.717) is 12.2 Å². The molecule has 1 rings (SSSR count). The van der Waals surface area contributed by atoms with Crippen molar-refractivity contribution in [2.75, 3.05) is 34.2 Å². The van der Waals surface area contributed by atoms with E-state index in [1.807, 2.05) is 33.2 Å². The van der Waals surface area contributed by atoms with Crippen LogP contribution in [-0.2, 0) is 0 Å². The molecule has 0 unspecified atom stereocenters. The van der Waals surface area contributed by atoms with E-state index in [0.717, 1.165) is 12.1 Å². The van der Waals surface area contributed by atoms with E-state index in [1.165, 1.54) is 0 Å². The number of aromatic nitrogens is 1. The minimum absolute atomic E-state index is 0.0139. The standard InChI is InChI=1S/C12H19N3O/c1-10-6-5-7-13-11(10)12(16)15(4)9-8-14(2)3/h5-7H,8-9H2,1-4H3. The highest BCUT2D eigenvalue weighted by molar-refractivity contribution is 5.93. The fourth-order valence-electron chi connectivity index (χ4n) is 1.34. The zero-order valence-corrected chi connectivity index (χ0v) is 10.4. The van der Waals surface area contributed by atoms with Gasteiger partial charge in [-0.1, -0.05) is 6.07 Å². The first kappa shape index (κ1) is 12.6. The predicted octanol–water partition coefficient (Wildman–Crippen LogP) is 1.02. The van der Waals surface area contributed by atoms with Crippen molar-refractivity contribution >= 4 is 5.91 Å².